The summed E-state index contributed by atoms with van der Waals surface area (Å²) in [7, 11) is 0. The number of rotatable bonds is 7. The van der Waals surface area contributed by atoms with E-state index in [0.29, 0.717) is 19.7 Å². The molecule has 3 N–H and O–H groups in total. The molecule has 0 aliphatic carbocycles. The lowest BCUT2D eigenvalue weighted by molar-refractivity contribution is -0.131. The number of hydrogen-bond acceptors (Lipinski definition) is 4. The third kappa shape index (κ3) is 4.51. The van der Waals surface area contributed by atoms with Gasteiger partial charge in [-0.05, 0) is 31.4 Å². The van der Waals surface area contributed by atoms with Gasteiger partial charge in [-0.3, -0.25) is 4.79 Å². The van der Waals surface area contributed by atoms with Crippen molar-refractivity contribution >= 4 is 5.91 Å². The van der Waals surface area contributed by atoms with Crippen LogP contribution in [0.15, 0.2) is 30.3 Å². The van der Waals surface area contributed by atoms with Crippen LogP contribution in [0, 0.1) is 0 Å². The quantitative estimate of drug-likeness (QED) is 0.732. The molecule has 5 heteroatoms. The van der Waals surface area contributed by atoms with Gasteiger partial charge in [0.1, 0.15) is 11.9 Å². The number of carbonyl (C=O) groups excluding carboxylic acids is 1. The Morgan fingerprint density at radius 1 is 1.35 bits per heavy atom. The highest BCUT2D eigenvalue weighted by molar-refractivity contribution is 5.80. The van der Waals surface area contributed by atoms with Crippen LogP contribution in [-0.4, -0.2) is 37.8 Å². The van der Waals surface area contributed by atoms with Crippen molar-refractivity contribution < 1.29 is 14.3 Å². The Morgan fingerprint density at radius 2 is 2.15 bits per heavy atom. The van der Waals surface area contributed by atoms with Gasteiger partial charge in [0, 0.05) is 13.1 Å². The normalized spacial score (nSPS) is 21.6. The minimum absolute atomic E-state index is 0.0344. The molecule has 1 aliphatic rings. The average Bonchev–Trinajstić information content (AvgIpc) is 2.97. The molecule has 0 saturated carbocycles. The van der Waals surface area contributed by atoms with Gasteiger partial charge in [0.05, 0.1) is 12.7 Å². The minimum atomic E-state index is -0.335. The van der Waals surface area contributed by atoms with Crippen LogP contribution in [0.4, 0.5) is 0 Å². The van der Waals surface area contributed by atoms with Crippen LogP contribution in [0.3, 0.4) is 0 Å². The first-order valence-electron chi connectivity index (χ1n) is 7.10. The number of para-hydroxylation sites is 1. The summed E-state index contributed by atoms with van der Waals surface area (Å²) in [5, 5.41) is 2.87. The van der Waals surface area contributed by atoms with Crippen molar-refractivity contribution in [2.75, 3.05) is 19.7 Å². The van der Waals surface area contributed by atoms with Crippen LogP contribution in [0.5, 0.6) is 5.75 Å². The number of nitrogens with two attached hydrogens (primary N) is 1. The topological polar surface area (TPSA) is 73.6 Å². The van der Waals surface area contributed by atoms with Gasteiger partial charge in [0.25, 0.3) is 0 Å². The van der Waals surface area contributed by atoms with Crippen LogP contribution < -0.4 is 15.8 Å². The Bertz CT molecular complexity index is 411. The molecular weight excluding hydrogens is 256 g/mol. The predicted octanol–water partition coefficient (Wildman–Crippen LogP) is 1.08. The van der Waals surface area contributed by atoms with Gasteiger partial charge in [-0.1, -0.05) is 18.2 Å². The maximum absolute atomic E-state index is 11.8. The van der Waals surface area contributed by atoms with Gasteiger partial charge < -0.3 is 20.5 Å². The van der Waals surface area contributed by atoms with E-state index < -0.39 is 0 Å². The lowest BCUT2D eigenvalue weighted by Gasteiger charge is -2.12. The number of ether oxygens (including phenoxy) is 2. The second kappa shape index (κ2) is 7.87. The van der Waals surface area contributed by atoms with Crippen LogP contribution in [-0.2, 0) is 9.53 Å². The van der Waals surface area contributed by atoms with Crippen LogP contribution in [0.1, 0.15) is 19.3 Å². The fourth-order valence-corrected chi connectivity index (χ4v) is 2.18. The zero-order valence-electron chi connectivity index (χ0n) is 11.6. The van der Waals surface area contributed by atoms with E-state index in [-0.39, 0.29) is 18.1 Å². The standard InChI is InChI=1S/C15H22N2O3/c16-11-13-7-8-14(20-13)15(18)17-9-4-10-19-12-5-2-1-3-6-12/h1-3,5-6,13-14H,4,7-11,16H2,(H,17,18)/t13-,14+/m1/s1. The van der Waals surface area contributed by atoms with Crippen molar-refractivity contribution in [3.8, 4) is 5.75 Å². The maximum atomic E-state index is 11.8. The highest BCUT2D eigenvalue weighted by Gasteiger charge is 2.29. The van der Waals surface area contributed by atoms with Gasteiger partial charge in [-0.2, -0.15) is 0 Å². The van der Waals surface area contributed by atoms with E-state index in [9.17, 15) is 4.79 Å². The monoisotopic (exact) mass is 278 g/mol. The summed E-state index contributed by atoms with van der Waals surface area (Å²) in [6.45, 7) is 1.66. The van der Waals surface area contributed by atoms with E-state index >= 15 is 0 Å². The fraction of sp³-hybridized carbons (Fsp3) is 0.533. The fourth-order valence-electron chi connectivity index (χ4n) is 2.18. The highest BCUT2D eigenvalue weighted by atomic mass is 16.5. The molecule has 1 amide bonds. The summed E-state index contributed by atoms with van der Waals surface area (Å²) in [4.78, 5) is 11.8. The molecule has 1 aliphatic heterocycles. The van der Waals surface area contributed by atoms with Crippen molar-refractivity contribution in [1.29, 1.82) is 0 Å². The molecule has 0 spiro atoms. The van der Waals surface area contributed by atoms with Crippen molar-refractivity contribution in [3.05, 3.63) is 30.3 Å². The number of amides is 1. The van der Waals surface area contributed by atoms with Crippen molar-refractivity contribution in [2.45, 2.75) is 31.5 Å². The van der Waals surface area contributed by atoms with E-state index in [1.165, 1.54) is 0 Å². The Labute approximate surface area is 119 Å². The average molecular weight is 278 g/mol. The largest absolute Gasteiger partial charge is 0.494 e. The lowest BCUT2D eigenvalue weighted by Crippen LogP contribution is -2.36. The number of carbonyl (C=O) groups is 1. The Morgan fingerprint density at radius 3 is 2.85 bits per heavy atom. The van der Waals surface area contributed by atoms with Gasteiger partial charge >= 0.3 is 0 Å². The summed E-state index contributed by atoms with van der Waals surface area (Å²) in [6, 6.07) is 9.64. The molecule has 1 fully saturated rings. The molecule has 0 unspecified atom stereocenters. The molecule has 20 heavy (non-hydrogen) atoms. The van der Waals surface area contributed by atoms with E-state index in [4.69, 9.17) is 15.2 Å². The molecule has 2 atom stereocenters. The zero-order valence-corrected chi connectivity index (χ0v) is 11.6. The first kappa shape index (κ1) is 14.8. The Kier molecular flexibility index (Phi) is 5.83. The summed E-state index contributed by atoms with van der Waals surface area (Å²) >= 11 is 0. The van der Waals surface area contributed by atoms with Gasteiger partial charge in [0.15, 0.2) is 0 Å². The molecule has 1 aromatic rings. The number of nitrogens with one attached hydrogen (secondary N) is 1. The summed E-state index contributed by atoms with van der Waals surface area (Å²) < 4.78 is 11.1. The van der Waals surface area contributed by atoms with Crippen LogP contribution in [0.2, 0.25) is 0 Å². The summed E-state index contributed by atoms with van der Waals surface area (Å²) in [5.74, 6) is 0.810. The first-order valence-corrected chi connectivity index (χ1v) is 7.10. The SMILES string of the molecule is NC[C@H]1CC[C@@H](C(=O)NCCCOc2ccccc2)O1. The van der Waals surface area contributed by atoms with Crippen molar-refractivity contribution in [2.24, 2.45) is 5.73 Å². The van der Waals surface area contributed by atoms with Crippen LogP contribution in [0.25, 0.3) is 0 Å². The summed E-state index contributed by atoms with van der Waals surface area (Å²) in [5.41, 5.74) is 5.52. The number of hydrogen-bond donors (Lipinski definition) is 2. The summed E-state index contributed by atoms with van der Waals surface area (Å²) in [6.07, 6.45) is 2.10. The second-order valence-corrected chi connectivity index (χ2v) is 4.87. The number of benzene rings is 1. The molecular formula is C15H22N2O3. The van der Waals surface area contributed by atoms with E-state index in [0.717, 1.165) is 25.0 Å². The highest BCUT2D eigenvalue weighted by Crippen LogP contribution is 2.18. The van der Waals surface area contributed by atoms with Gasteiger partial charge in [-0.25, -0.2) is 0 Å². The third-order valence-electron chi connectivity index (χ3n) is 3.30. The van der Waals surface area contributed by atoms with Gasteiger partial charge in [-0.15, -0.1) is 0 Å². The smallest absolute Gasteiger partial charge is 0.249 e. The molecule has 0 aromatic heterocycles. The van der Waals surface area contributed by atoms with Crippen LogP contribution >= 0.6 is 0 Å². The molecule has 5 nitrogen and oxygen atoms in total. The maximum Gasteiger partial charge on any atom is 0.249 e. The van der Waals surface area contributed by atoms with Gasteiger partial charge in [0.2, 0.25) is 5.91 Å². The Hall–Kier alpha value is -1.59. The third-order valence-corrected chi connectivity index (χ3v) is 3.30. The predicted molar refractivity (Wildman–Crippen MR) is 76.5 cm³/mol. The minimum Gasteiger partial charge on any atom is -0.494 e. The van der Waals surface area contributed by atoms with Crippen molar-refractivity contribution in [1.82, 2.24) is 5.32 Å². The van der Waals surface area contributed by atoms with E-state index in [2.05, 4.69) is 5.32 Å². The molecule has 0 radical (unpaired) electrons. The molecule has 2 rings (SSSR count). The zero-order chi connectivity index (χ0) is 14.2. The molecule has 110 valence electrons. The molecule has 1 heterocycles. The van der Waals surface area contributed by atoms with E-state index in [1.54, 1.807) is 0 Å². The lowest BCUT2D eigenvalue weighted by atomic mass is 10.2. The first-order chi connectivity index (χ1) is 9.79. The van der Waals surface area contributed by atoms with Crippen molar-refractivity contribution in [3.63, 3.8) is 0 Å². The Balaban J connectivity index is 1.56. The molecule has 0 bridgehead atoms. The van der Waals surface area contributed by atoms with E-state index in [1.807, 2.05) is 30.3 Å². The second-order valence-electron chi connectivity index (χ2n) is 4.87. The molecule has 1 aromatic carbocycles. The molecule has 1 saturated heterocycles.